The predicted molar refractivity (Wildman–Crippen MR) is 138 cm³/mol. The maximum atomic E-state index is 11.3. The second kappa shape index (κ2) is 12.1. The molecule has 0 spiro atoms. The second-order valence-corrected chi connectivity index (χ2v) is 9.88. The number of methoxy groups -OCH3 is 2. The van der Waals surface area contributed by atoms with Gasteiger partial charge in [-0.1, -0.05) is 23.8 Å². The topological polar surface area (TPSA) is 168 Å². The van der Waals surface area contributed by atoms with E-state index >= 15 is 0 Å². The molecule has 214 valence electrons. The average Bonchev–Trinajstić information content (AvgIpc) is 2.92. The van der Waals surface area contributed by atoms with Gasteiger partial charge in [-0.05, 0) is 38.0 Å². The number of fused-ring (bicyclic) bond motifs is 1. The Kier molecular flexibility index (Phi) is 9.02. The van der Waals surface area contributed by atoms with Crippen molar-refractivity contribution in [1.29, 1.82) is 0 Å². The number of phenolic OH excluding ortho intramolecular Hbond substituents is 1. The molecule has 0 amide bonds. The van der Waals surface area contributed by atoms with Crippen LogP contribution in [0.15, 0.2) is 42.0 Å². The van der Waals surface area contributed by atoms with Gasteiger partial charge in [0.15, 0.2) is 6.10 Å². The summed E-state index contributed by atoms with van der Waals surface area (Å²) in [6.07, 6.45) is -7.98. The van der Waals surface area contributed by atoms with E-state index in [9.17, 15) is 30.6 Å². The van der Waals surface area contributed by atoms with Gasteiger partial charge in [-0.2, -0.15) is 0 Å². The SMILES string of the molecule is COc1cc(OC2OC(CO)C(O)C(O)C2O)c(CC=C(C)C)c2c1C(OC)C(O)C(c1ccc(O)cc1)O2. The van der Waals surface area contributed by atoms with Crippen LogP contribution < -0.4 is 14.2 Å². The number of allylic oxidation sites excluding steroid dienone is 2. The number of aliphatic hydroxyl groups is 5. The van der Waals surface area contributed by atoms with Crippen molar-refractivity contribution in [3.63, 3.8) is 0 Å². The smallest absolute Gasteiger partial charge is 0.229 e. The summed E-state index contributed by atoms with van der Waals surface area (Å²) in [6.45, 7) is 3.25. The number of benzene rings is 2. The Labute approximate surface area is 226 Å². The number of phenols is 1. The largest absolute Gasteiger partial charge is 0.508 e. The van der Waals surface area contributed by atoms with Gasteiger partial charge >= 0.3 is 0 Å². The van der Waals surface area contributed by atoms with Crippen LogP contribution in [0.25, 0.3) is 0 Å². The van der Waals surface area contributed by atoms with Gasteiger partial charge in [0.2, 0.25) is 6.29 Å². The van der Waals surface area contributed by atoms with E-state index in [4.69, 9.17) is 23.7 Å². The molecule has 0 aromatic heterocycles. The van der Waals surface area contributed by atoms with Gasteiger partial charge in [0.05, 0.1) is 19.3 Å². The fourth-order valence-electron chi connectivity index (χ4n) is 4.85. The third kappa shape index (κ3) is 5.71. The summed E-state index contributed by atoms with van der Waals surface area (Å²) in [7, 11) is 2.90. The Morgan fingerprint density at radius 1 is 0.949 bits per heavy atom. The number of ether oxygens (including phenoxy) is 5. The maximum absolute atomic E-state index is 11.3. The zero-order chi connectivity index (χ0) is 28.4. The highest BCUT2D eigenvalue weighted by molar-refractivity contribution is 5.60. The van der Waals surface area contributed by atoms with Gasteiger partial charge in [-0.15, -0.1) is 0 Å². The predicted octanol–water partition coefficient (Wildman–Crippen LogP) is 1.27. The monoisotopic (exact) mass is 548 g/mol. The Hall–Kier alpha value is -2.90. The Balaban J connectivity index is 1.85. The first-order valence-corrected chi connectivity index (χ1v) is 12.6. The fourth-order valence-corrected chi connectivity index (χ4v) is 4.85. The summed E-state index contributed by atoms with van der Waals surface area (Å²) in [6, 6.07) is 7.82. The molecule has 2 aromatic carbocycles. The van der Waals surface area contributed by atoms with Crippen molar-refractivity contribution >= 4 is 0 Å². The molecule has 8 atom stereocenters. The van der Waals surface area contributed by atoms with Crippen molar-refractivity contribution in [2.45, 2.75) is 69.3 Å². The minimum Gasteiger partial charge on any atom is -0.508 e. The maximum Gasteiger partial charge on any atom is 0.229 e. The van der Waals surface area contributed by atoms with Crippen molar-refractivity contribution in [2.24, 2.45) is 0 Å². The Morgan fingerprint density at radius 3 is 2.23 bits per heavy atom. The summed E-state index contributed by atoms with van der Waals surface area (Å²) >= 11 is 0. The van der Waals surface area contributed by atoms with Crippen LogP contribution in [0.3, 0.4) is 0 Å². The van der Waals surface area contributed by atoms with E-state index in [1.165, 1.54) is 26.4 Å². The van der Waals surface area contributed by atoms with Gasteiger partial charge in [0.1, 0.15) is 59.6 Å². The van der Waals surface area contributed by atoms with Crippen molar-refractivity contribution in [3.8, 4) is 23.0 Å². The molecule has 11 nitrogen and oxygen atoms in total. The molecule has 4 rings (SSSR count). The molecule has 2 heterocycles. The standard InChI is InChI=1S/C28H36O11/c1-13(2)5-10-16-17(37-28-23(33)22(32)21(31)19(12-29)38-28)11-18(35-3)20-26(16)39-25(24(34)27(20)36-4)14-6-8-15(30)9-7-14/h5-9,11,19,21-25,27-34H,10,12H2,1-4H3. The fraction of sp³-hybridized carbons (Fsp3) is 0.500. The molecule has 8 unspecified atom stereocenters. The van der Waals surface area contributed by atoms with Crippen molar-refractivity contribution in [2.75, 3.05) is 20.8 Å². The first kappa shape index (κ1) is 29.1. The number of aliphatic hydroxyl groups excluding tert-OH is 5. The highest BCUT2D eigenvalue weighted by Crippen LogP contribution is 2.52. The molecule has 2 aliphatic rings. The van der Waals surface area contributed by atoms with Gasteiger partial charge in [-0.3, -0.25) is 0 Å². The van der Waals surface area contributed by atoms with Crippen molar-refractivity contribution < 1.29 is 54.3 Å². The Morgan fingerprint density at radius 2 is 1.64 bits per heavy atom. The van der Waals surface area contributed by atoms with Crippen LogP contribution in [0.4, 0.5) is 0 Å². The zero-order valence-corrected chi connectivity index (χ0v) is 22.2. The highest BCUT2D eigenvalue weighted by Gasteiger charge is 2.46. The molecule has 0 radical (unpaired) electrons. The lowest BCUT2D eigenvalue weighted by Crippen LogP contribution is -2.60. The molecule has 0 aliphatic carbocycles. The lowest BCUT2D eigenvalue weighted by molar-refractivity contribution is -0.277. The molecule has 1 saturated heterocycles. The van der Waals surface area contributed by atoms with E-state index in [0.29, 0.717) is 28.9 Å². The summed E-state index contributed by atoms with van der Waals surface area (Å²) < 4.78 is 29.4. The van der Waals surface area contributed by atoms with E-state index < -0.39 is 55.6 Å². The van der Waals surface area contributed by atoms with Crippen LogP contribution >= 0.6 is 0 Å². The quantitative estimate of drug-likeness (QED) is 0.263. The third-order valence-electron chi connectivity index (χ3n) is 6.99. The lowest BCUT2D eigenvalue weighted by Gasteiger charge is -2.41. The number of hydrogen-bond acceptors (Lipinski definition) is 11. The summed E-state index contributed by atoms with van der Waals surface area (Å²) in [4.78, 5) is 0. The van der Waals surface area contributed by atoms with Crippen LogP contribution in [0, 0.1) is 0 Å². The number of aromatic hydroxyl groups is 1. The van der Waals surface area contributed by atoms with E-state index in [1.54, 1.807) is 18.2 Å². The minimum absolute atomic E-state index is 0.0638. The molecular formula is C28H36O11. The van der Waals surface area contributed by atoms with E-state index in [1.807, 2.05) is 19.9 Å². The number of hydrogen-bond donors (Lipinski definition) is 6. The van der Waals surface area contributed by atoms with E-state index in [-0.39, 0.29) is 17.2 Å². The number of rotatable bonds is 8. The van der Waals surface area contributed by atoms with Crippen LogP contribution in [0.5, 0.6) is 23.0 Å². The van der Waals surface area contributed by atoms with E-state index in [2.05, 4.69) is 0 Å². The summed E-state index contributed by atoms with van der Waals surface area (Å²) in [5, 5.41) is 61.6. The first-order valence-electron chi connectivity index (χ1n) is 12.6. The minimum atomic E-state index is -1.62. The van der Waals surface area contributed by atoms with Gasteiger partial charge in [0, 0.05) is 18.7 Å². The molecule has 1 fully saturated rings. The van der Waals surface area contributed by atoms with Gasteiger partial charge in [-0.25, -0.2) is 0 Å². The molecule has 6 N–H and O–H groups in total. The van der Waals surface area contributed by atoms with Crippen LogP contribution in [-0.4, -0.2) is 88.3 Å². The van der Waals surface area contributed by atoms with Crippen LogP contribution in [0.2, 0.25) is 0 Å². The summed E-state index contributed by atoms with van der Waals surface area (Å²) in [5.74, 6) is 0.874. The van der Waals surface area contributed by atoms with Gasteiger partial charge in [0.25, 0.3) is 0 Å². The normalized spacial score (nSPS) is 30.2. The zero-order valence-electron chi connectivity index (χ0n) is 22.2. The lowest BCUT2D eigenvalue weighted by atomic mass is 9.88. The average molecular weight is 549 g/mol. The highest BCUT2D eigenvalue weighted by atomic mass is 16.7. The molecule has 2 aromatic rings. The molecular weight excluding hydrogens is 512 g/mol. The second-order valence-electron chi connectivity index (χ2n) is 9.88. The van der Waals surface area contributed by atoms with Crippen LogP contribution in [0.1, 0.15) is 42.7 Å². The van der Waals surface area contributed by atoms with Crippen molar-refractivity contribution in [1.82, 2.24) is 0 Å². The molecule has 2 aliphatic heterocycles. The van der Waals surface area contributed by atoms with Crippen LogP contribution in [-0.2, 0) is 15.9 Å². The third-order valence-corrected chi connectivity index (χ3v) is 6.99. The van der Waals surface area contributed by atoms with E-state index in [0.717, 1.165) is 5.57 Å². The summed E-state index contributed by atoms with van der Waals surface area (Å²) in [5.41, 5.74) is 2.59. The first-order chi connectivity index (χ1) is 18.6. The molecule has 0 saturated carbocycles. The Bertz CT molecular complexity index is 1160. The molecule has 11 heteroatoms. The molecule has 39 heavy (non-hydrogen) atoms. The molecule has 0 bridgehead atoms. The van der Waals surface area contributed by atoms with Crippen molar-refractivity contribution in [3.05, 3.63) is 58.7 Å². The van der Waals surface area contributed by atoms with Gasteiger partial charge < -0.3 is 54.3 Å².